The maximum absolute atomic E-state index is 12.6. The van der Waals surface area contributed by atoms with Crippen LogP contribution in [0.4, 0.5) is 5.69 Å². The van der Waals surface area contributed by atoms with E-state index in [9.17, 15) is 13.2 Å². The van der Waals surface area contributed by atoms with Crippen molar-refractivity contribution in [2.45, 2.75) is 11.3 Å². The molecule has 2 aliphatic heterocycles. The Morgan fingerprint density at radius 1 is 1.03 bits per heavy atom. The second-order valence-corrected chi connectivity index (χ2v) is 10.7. The minimum Gasteiger partial charge on any atom is -0.371 e. The monoisotopic (exact) mass is 447 g/mol. The van der Waals surface area contributed by atoms with E-state index in [-0.39, 0.29) is 5.91 Å². The Labute approximate surface area is 183 Å². The molecule has 0 saturated carbocycles. The first-order valence-electron chi connectivity index (χ1n) is 10.1. The number of halogens is 1. The van der Waals surface area contributed by atoms with Gasteiger partial charge in [0.15, 0.2) is 0 Å². The predicted octanol–water partition coefficient (Wildman–Crippen LogP) is 3.19. The summed E-state index contributed by atoms with van der Waals surface area (Å²) in [6, 6.07) is 14.2. The van der Waals surface area contributed by atoms with E-state index in [1.807, 2.05) is 18.2 Å². The smallest absolute Gasteiger partial charge is 0.254 e. The number of rotatable bonds is 6. The van der Waals surface area contributed by atoms with Gasteiger partial charge in [0.25, 0.3) is 5.91 Å². The lowest BCUT2D eigenvalue weighted by Gasteiger charge is -2.46. The van der Waals surface area contributed by atoms with Crippen molar-refractivity contribution < 1.29 is 13.2 Å². The molecule has 0 radical (unpaired) electrons. The summed E-state index contributed by atoms with van der Waals surface area (Å²) < 4.78 is 26.8. The molecule has 2 heterocycles. The summed E-state index contributed by atoms with van der Waals surface area (Å²) in [5.41, 5.74) is 1.53. The number of hydrogen-bond donors (Lipinski definition) is 0. The Hall–Kier alpha value is -2.09. The molecule has 30 heavy (non-hydrogen) atoms. The van der Waals surface area contributed by atoms with Crippen LogP contribution in [0.15, 0.2) is 53.4 Å². The van der Waals surface area contributed by atoms with Gasteiger partial charge < -0.3 is 9.80 Å². The van der Waals surface area contributed by atoms with Gasteiger partial charge in [-0.2, -0.15) is 4.31 Å². The third-order valence-electron chi connectivity index (χ3n) is 5.88. The van der Waals surface area contributed by atoms with Crippen LogP contribution in [-0.2, 0) is 10.0 Å². The van der Waals surface area contributed by atoms with Gasteiger partial charge in [-0.25, -0.2) is 8.42 Å². The number of sulfonamides is 1. The van der Waals surface area contributed by atoms with Crippen molar-refractivity contribution in [2.75, 3.05) is 45.2 Å². The van der Waals surface area contributed by atoms with E-state index in [2.05, 4.69) is 4.90 Å². The fraction of sp³-hybridized carbons (Fsp3) is 0.409. The molecule has 8 heteroatoms. The van der Waals surface area contributed by atoms with Crippen molar-refractivity contribution in [2.24, 2.45) is 11.8 Å². The van der Waals surface area contributed by atoms with Crippen molar-refractivity contribution >= 4 is 33.2 Å². The lowest BCUT2D eigenvalue weighted by molar-refractivity contribution is 0.0828. The van der Waals surface area contributed by atoms with Crippen LogP contribution < -0.4 is 4.90 Å². The summed E-state index contributed by atoms with van der Waals surface area (Å²) in [7, 11) is 0.0570. The average molecular weight is 448 g/mol. The average Bonchev–Trinajstić information content (AvgIpc) is 2.65. The van der Waals surface area contributed by atoms with Crippen LogP contribution in [0.1, 0.15) is 16.8 Å². The normalized spacial score (nSPS) is 18.0. The molecule has 2 aliphatic rings. The molecule has 4 rings (SSSR count). The molecular formula is C22H26ClN3O3S. The molecule has 6 nitrogen and oxygen atoms in total. The number of anilines is 1. The summed E-state index contributed by atoms with van der Waals surface area (Å²) >= 11 is 6.32. The number of carbonyl (C=O) groups is 1. The van der Waals surface area contributed by atoms with Crippen LogP contribution in [0.5, 0.6) is 0 Å². The largest absolute Gasteiger partial charge is 0.371 e. The van der Waals surface area contributed by atoms with Gasteiger partial charge in [-0.1, -0.05) is 29.8 Å². The van der Waals surface area contributed by atoms with Gasteiger partial charge in [-0.15, -0.1) is 0 Å². The lowest BCUT2D eigenvalue weighted by Crippen LogP contribution is -2.54. The number of carbonyl (C=O) groups excluding carboxylic acids is 1. The Morgan fingerprint density at radius 2 is 1.67 bits per heavy atom. The van der Waals surface area contributed by atoms with Crippen LogP contribution >= 0.6 is 11.6 Å². The van der Waals surface area contributed by atoms with Gasteiger partial charge in [-0.05, 0) is 48.6 Å². The molecule has 2 aromatic rings. The third kappa shape index (κ3) is 4.06. The van der Waals surface area contributed by atoms with E-state index in [0.29, 0.717) is 40.4 Å². The second-order valence-electron chi connectivity index (χ2n) is 8.37. The molecule has 0 aromatic heterocycles. The summed E-state index contributed by atoms with van der Waals surface area (Å²) in [6.45, 7) is 3.06. The maximum Gasteiger partial charge on any atom is 0.254 e. The van der Waals surface area contributed by atoms with Crippen LogP contribution in [0.2, 0.25) is 5.02 Å². The van der Waals surface area contributed by atoms with Gasteiger partial charge in [0, 0.05) is 46.0 Å². The summed E-state index contributed by atoms with van der Waals surface area (Å²) in [6.07, 6.45) is 1.03. The van der Waals surface area contributed by atoms with E-state index in [0.717, 1.165) is 25.2 Å². The SMILES string of the molecule is CN(C)C(=O)c1ccc(N2CC(CC3CN(S(=O)(=O)c4ccccc4)C3)C2)cc1Cl. The fourth-order valence-corrected chi connectivity index (χ4v) is 5.99. The van der Waals surface area contributed by atoms with Gasteiger partial charge in [-0.3, -0.25) is 4.79 Å². The van der Waals surface area contributed by atoms with E-state index in [1.165, 1.54) is 4.90 Å². The maximum atomic E-state index is 12.6. The van der Waals surface area contributed by atoms with Crippen molar-refractivity contribution in [1.29, 1.82) is 0 Å². The number of benzene rings is 2. The van der Waals surface area contributed by atoms with Crippen molar-refractivity contribution in [3.8, 4) is 0 Å². The molecular weight excluding hydrogens is 422 g/mol. The van der Waals surface area contributed by atoms with E-state index in [4.69, 9.17) is 11.6 Å². The number of amides is 1. The first-order chi connectivity index (χ1) is 14.3. The number of nitrogens with zero attached hydrogens (tertiary/aromatic N) is 3. The highest BCUT2D eigenvalue weighted by atomic mass is 35.5. The fourth-order valence-electron chi connectivity index (χ4n) is 4.13. The molecule has 0 unspecified atom stereocenters. The highest BCUT2D eigenvalue weighted by Crippen LogP contribution is 2.35. The van der Waals surface area contributed by atoms with Crippen molar-refractivity contribution in [3.63, 3.8) is 0 Å². The van der Waals surface area contributed by atoms with Gasteiger partial charge in [0.2, 0.25) is 10.0 Å². The lowest BCUT2D eigenvalue weighted by atomic mass is 9.85. The van der Waals surface area contributed by atoms with E-state index >= 15 is 0 Å². The van der Waals surface area contributed by atoms with Crippen LogP contribution in [-0.4, -0.2) is 63.8 Å². The van der Waals surface area contributed by atoms with Crippen molar-refractivity contribution in [1.82, 2.24) is 9.21 Å². The quantitative estimate of drug-likeness (QED) is 0.682. The zero-order chi connectivity index (χ0) is 21.5. The number of hydrogen-bond acceptors (Lipinski definition) is 4. The summed E-state index contributed by atoms with van der Waals surface area (Å²) in [5.74, 6) is 0.866. The summed E-state index contributed by atoms with van der Waals surface area (Å²) in [4.78, 5) is 16.2. The highest BCUT2D eigenvalue weighted by Gasteiger charge is 2.39. The molecule has 2 saturated heterocycles. The van der Waals surface area contributed by atoms with Crippen LogP contribution in [0.3, 0.4) is 0 Å². The standard InChI is InChI=1S/C22H26ClN3O3S/c1-24(2)22(27)20-9-8-18(11-21(20)23)25-12-16(13-25)10-17-14-26(15-17)30(28,29)19-6-4-3-5-7-19/h3-9,11,16-17H,10,12-15H2,1-2H3. The van der Waals surface area contributed by atoms with Gasteiger partial charge in [0.1, 0.15) is 0 Å². The van der Waals surface area contributed by atoms with Gasteiger partial charge in [0.05, 0.1) is 15.5 Å². The molecule has 0 aliphatic carbocycles. The molecule has 0 atom stereocenters. The second kappa shape index (κ2) is 8.21. The Morgan fingerprint density at radius 3 is 2.27 bits per heavy atom. The first-order valence-corrected chi connectivity index (χ1v) is 11.9. The zero-order valence-electron chi connectivity index (χ0n) is 17.2. The van der Waals surface area contributed by atoms with E-state index < -0.39 is 10.0 Å². The molecule has 0 N–H and O–H groups in total. The minimum absolute atomic E-state index is 0.104. The minimum atomic E-state index is -3.36. The highest BCUT2D eigenvalue weighted by molar-refractivity contribution is 7.89. The molecule has 2 fully saturated rings. The van der Waals surface area contributed by atoms with Crippen LogP contribution in [0, 0.1) is 11.8 Å². The van der Waals surface area contributed by atoms with Gasteiger partial charge >= 0.3 is 0 Å². The third-order valence-corrected chi connectivity index (χ3v) is 8.04. The molecule has 160 valence electrons. The zero-order valence-corrected chi connectivity index (χ0v) is 18.7. The Balaban J connectivity index is 1.27. The predicted molar refractivity (Wildman–Crippen MR) is 118 cm³/mol. The summed E-state index contributed by atoms with van der Waals surface area (Å²) in [5, 5.41) is 0.468. The molecule has 0 spiro atoms. The molecule has 1 amide bonds. The Kier molecular flexibility index (Phi) is 5.79. The van der Waals surface area contributed by atoms with Crippen LogP contribution in [0.25, 0.3) is 0 Å². The first kappa shape index (κ1) is 21.2. The molecule has 2 aromatic carbocycles. The topological polar surface area (TPSA) is 60.9 Å². The Bertz CT molecular complexity index is 1030. The van der Waals surface area contributed by atoms with E-state index in [1.54, 1.807) is 48.7 Å². The van der Waals surface area contributed by atoms with Crippen molar-refractivity contribution in [3.05, 3.63) is 59.1 Å². The molecule has 0 bridgehead atoms.